The first kappa shape index (κ1) is 13.6. The zero-order valence-electron chi connectivity index (χ0n) is 11.4. The van der Waals surface area contributed by atoms with E-state index >= 15 is 0 Å². The van der Waals surface area contributed by atoms with Crippen LogP contribution in [-0.4, -0.2) is 35.5 Å². The number of nitrogens with one attached hydrogen (secondary N) is 1. The van der Waals surface area contributed by atoms with Gasteiger partial charge < -0.3 is 16.0 Å². The summed E-state index contributed by atoms with van der Waals surface area (Å²) < 4.78 is 4.28. The zero-order chi connectivity index (χ0) is 13.0. The van der Waals surface area contributed by atoms with Gasteiger partial charge in [-0.25, -0.2) is 0 Å². The molecule has 0 aromatic carbocycles. The third-order valence-corrected chi connectivity index (χ3v) is 4.28. The maximum Gasteiger partial charge on any atom is 0.142 e. The summed E-state index contributed by atoms with van der Waals surface area (Å²) in [7, 11) is 0. The Balaban J connectivity index is 1.82. The molecule has 18 heavy (non-hydrogen) atoms. The van der Waals surface area contributed by atoms with Gasteiger partial charge >= 0.3 is 0 Å². The fourth-order valence-corrected chi connectivity index (χ4v) is 3.10. The second-order valence-corrected chi connectivity index (χ2v) is 5.72. The lowest BCUT2D eigenvalue weighted by Gasteiger charge is -2.19. The predicted molar refractivity (Wildman–Crippen MR) is 79.4 cm³/mol. The number of nitrogen functional groups attached to an aromatic ring is 1. The second-order valence-electron chi connectivity index (χ2n) is 4.95. The first-order valence-corrected chi connectivity index (χ1v) is 7.74. The average Bonchev–Trinajstić information content (AvgIpc) is 3.13. The summed E-state index contributed by atoms with van der Waals surface area (Å²) >= 11 is 1.51. The van der Waals surface area contributed by atoms with E-state index < -0.39 is 0 Å². The molecule has 1 heterocycles. The lowest BCUT2D eigenvalue weighted by molar-refractivity contribution is 0.300. The van der Waals surface area contributed by atoms with Crippen molar-refractivity contribution in [3.63, 3.8) is 0 Å². The Labute approximate surface area is 114 Å². The number of aromatic nitrogens is 1. The van der Waals surface area contributed by atoms with Crippen LogP contribution in [0.3, 0.4) is 0 Å². The molecular formula is C13H24N4S. The van der Waals surface area contributed by atoms with Crippen LogP contribution >= 0.6 is 11.5 Å². The molecule has 1 aromatic heterocycles. The Morgan fingerprint density at radius 2 is 2.17 bits per heavy atom. The van der Waals surface area contributed by atoms with Gasteiger partial charge in [0.05, 0.1) is 0 Å². The van der Waals surface area contributed by atoms with Crippen LogP contribution in [0.25, 0.3) is 0 Å². The van der Waals surface area contributed by atoms with Crippen molar-refractivity contribution < 1.29 is 0 Å². The van der Waals surface area contributed by atoms with Crippen LogP contribution in [0.5, 0.6) is 0 Å². The Kier molecular flexibility index (Phi) is 4.83. The predicted octanol–water partition coefficient (Wildman–Crippen LogP) is 2.75. The van der Waals surface area contributed by atoms with Crippen molar-refractivity contribution in [3.05, 3.63) is 5.56 Å². The van der Waals surface area contributed by atoms with Crippen LogP contribution in [0.1, 0.15) is 44.6 Å². The molecule has 0 radical (unpaired) electrons. The summed E-state index contributed by atoms with van der Waals surface area (Å²) in [5.74, 6) is 1.41. The van der Waals surface area contributed by atoms with Gasteiger partial charge in [0.25, 0.3) is 0 Å². The molecule has 3 N–H and O–H groups in total. The van der Waals surface area contributed by atoms with Gasteiger partial charge in [0.1, 0.15) is 10.8 Å². The van der Waals surface area contributed by atoms with Gasteiger partial charge in [0, 0.05) is 18.7 Å². The molecule has 102 valence electrons. The topological polar surface area (TPSA) is 54.2 Å². The molecule has 1 saturated carbocycles. The SMILES string of the molecule is CCCN(CC)CCNc1snc(N)c1C1CC1. The number of anilines is 2. The highest BCUT2D eigenvalue weighted by Gasteiger charge is 2.30. The summed E-state index contributed by atoms with van der Waals surface area (Å²) in [6.07, 6.45) is 3.76. The summed E-state index contributed by atoms with van der Waals surface area (Å²) in [6.45, 7) is 8.82. The Morgan fingerprint density at radius 3 is 2.78 bits per heavy atom. The van der Waals surface area contributed by atoms with E-state index in [1.54, 1.807) is 0 Å². The molecule has 0 saturated heterocycles. The molecular weight excluding hydrogens is 244 g/mol. The van der Waals surface area contributed by atoms with E-state index in [9.17, 15) is 0 Å². The molecule has 4 nitrogen and oxygen atoms in total. The first-order chi connectivity index (χ1) is 8.76. The molecule has 2 rings (SSSR count). The highest BCUT2D eigenvalue weighted by Crippen LogP contribution is 2.47. The second kappa shape index (κ2) is 6.38. The number of nitrogens with zero attached hydrogens (tertiary/aromatic N) is 2. The van der Waals surface area contributed by atoms with Crippen LogP contribution < -0.4 is 11.1 Å². The summed E-state index contributed by atoms with van der Waals surface area (Å²) in [5.41, 5.74) is 7.21. The lowest BCUT2D eigenvalue weighted by Crippen LogP contribution is -2.29. The minimum absolute atomic E-state index is 0.671. The van der Waals surface area contributed by atoms with Crippen molar-refractivity contribution in [3.8, 4) is 0 Å². The lowest BCUT2D eigenvalue weighted by atomic mass is 10.2. The van der Waals surface area contributed by atoms with E-state index in [-0.39, 0.29) is 0 Å². The number of likely N-dealkylation sites (N-methyl/N-ethyl adjacent to an activating group) is 1. The van der Waals surface area contributed by atoms with Crippen molar-refractivity contribution >= 4 is 22.4 Å². The maximum atomic E-state index is 5.94. The maximum absolute atomic E-state index is 5.94. The third-order valence-electron chi connectivity index (χ3n) is 3.44. The summed E-state index contributed by atoms with van der Waals surface area (Å²) in [5, 5.41) is 4.71. The smallest absolute Gasteiger partial charge is 0.142 e. The molecule has 0 amide bonds. The molecule has 0 bridgehead atoms. The largest absolute Gasteiger partial charge is 0.383 e. The van der Waals surface area contributed by atoms with E-state index in [0.29, 0.717) is 5.92 Å². The average molecular weight is 268 g/mol. The van der Waals surface area contributed by atoms with Crippen molar-refractivity contribution in [2.45, 2.75) is 39.0 Å². The van der Waals surface area contributed by atoms with Crippen molar-refractivity contribution in [1.82, 2.24) is 9.27 Å². The quantitative estimate of drug-likeness (QED) is 0.761. The van der Waals surface area contributed by atoms with E-state index in [1.807, 2.05) is 0 Å². The van der Waals surface area contributed by atoms with Crippen molar-refractivity contribution in [2.75, 3.05) is 37.2 Å². The van der Waals surface area contributed by atoms with Crippen LogP contribution in [0.4, 0.5) is 10.8 Å². The number of rotatable bonds is 8. The van der Waals surface area contributed by atoms with Crippen molar-refractivity contribution in [2.24, 2.45) is 0 Å². The summed E-state index contributed by atoms with van der Waals surface area (Å²) in [4.78, 5) is 2.47. The van der Waals surface area contributed by atoms with E-state index in [1.165, 1.54) is 47.9 Å². The van der Waals surface area contributed by atoms with Crippen LogP contribution in [0.15, 0.2) is 0 Å². The molecule has 1 aliphatic rings. The van der Waals surface area contributed by atoms with Crippen molar-refractivity contribution in [1.29, 1.82) is 0 Å². The Morgan fingerprint density at radius 1 is 1.39 bits per heavy atom. The number of hydrogen-bond acceptors (Lipinski definition) is 5. The van der Waals surface area contributed by atoms with Gasteiger partial charge in [-0.2, -0.15) is 4.37 Å². The highest BCUT2D eigenvalue weighted by atomic mass is 32.1. The summed E-state index contributed by atoms with van der Waals surface area (Å²) in [6, 6.07) is 0. The van der Waals surface area contributed by atoms with Gasteiger partial charge in [-0.15, -0.1) is 0 Å². The molecule has 5 heteroatoms. The van der Waals surface area contributed by atoms with Gasteiger partial charge in [-0.05, 0) is 49.8 Å². The zero-order valence-corrected chi connectivity index (χ0v) is 12.2. The van der Waals surface area contributed by atoms with Crippen LogP contribution in [0.2, 0.25) is 0 Å². The fourth-order valence-electron chi connectivity index (χ4n) is 2.28. The normalized spacial score (nSPS) is 15.3. The monoisotopic (exact) mass is 268 g/mol. The number of hydrogen-bond donors (Lipinski definition) is 2. The Hall–Kier alpha value is -0.810. The van der Waals surface area contributed by atoms with Gasteiger partial charge in [0.15, 0.2) is 0 Å². The molecule has 0 atom stereocenters. The molecule has 0 spiro atoms. The third kappa shape index (κ3) is 3.36. The molecule has 1 aliphatic carbocycles. The van der Waals surface area contributed by atoms with Gasteiger partial charge in [-0.3, -0.25) is 0 Å². The van der Waals surface area contributed by atoms with Gasteiger partial charge in [-0.1, -0.05) is 13.8 Å². The molecule has 0 aliphatic heterocycles. The van der Waals surface area contributed by atoms with Crippen LogP contribution in [-0.2, 0) is 0 Å². The van der Waals surface area contributed by atoms with Gasteiger partial charge in [0.2, 0.25) is 0 Å². The molecule has 0 unspecified atom stereocenters. The minimum atomic E-state index is 0.671. The highest BCUT2D eigenvalue weighted by molar-refractivity contribution is 7.10. The minimum Gasteiger partial charge on any atom is -0.383 e. The number of nitrogens with two attached hydrogens (primary N) is 1. The van der Waals surface area contributed by atoms with E-state index in [0.717, 1.165) is 25.5 Å². The fraction of sp³-hybridized carbons (Fsp3) is 0.769. The molecule has 1 aromatic rings. The molecule has 1 fully saturated rings. The standard InChI is InChI=1S/C13H24N4S/c1-3-8-17(4-2)9-7-15-13-11(10-5-6-10)12(14)16-18-13/h10,15H,3-9H2,1-2H3,(H2,14,16). The van der Waals surface area contributed by atoms with E-state index in [2.05, 4.69) is 28.4 Å². The first-order valence-electron chi connectivity index (χ1n) is 6.97. The van der Waals surface area contributed by atoms with Crippen LogP contribution in [0, 0.1) is 0 Å². The Bertz CT molecular complexity index is 373. The van der Waals surface area contributed by atoms with E-state index in [4.69, 9.17) is 5.73 Å².